The first-order valence-electron chi connectivity index (χ1n) is 14.5. The van der Waals surface area contributed by atoms with E-state index in [9.17, 15) is 14.7 Å². The molecule has 7 rings (SSSR count). The van der Waals surface area contributed by atoms with E-state index in [0.29, 0.717) is 11.7 Å². The Hall–Kier alpha value is -3.90. The molecule has 1 aliphatic heterocycles. The number of benzene rings is 1. The molecule has 5 aromatic rings. The van der Waals surface area contributed by atoms with Gasteiger partial charge in [0.1, 0.15) is 10.7 Å². The van der Waals surface area contributed by atoms with Crippen molar-refractivity contribution in [1.82, 2.24) is 29.0 Å². The molecule has 2 unspecified atom stereocenters. The summed E-state index contributed by atoms with van der Waals surface area (Å²) in [5.41, 5.74) is 3.61. The number of nitrogens with one attached hydrogen (secondary N) is 1. The zero-order valence-corrected chi connectivity index (χ0v) is 25.9. The summed E-state index contributed by atoms with van der Waals surface area (Å²) in [5, 5.41) is 19.0. The Kier molecular flexibility index (Phi) is 6.93. The highest BCUT2D eigenvalue weighted by Crippen LogP contribution is 2.38. The van der Waals surface area contributed by atoms with Crippen LogP contribution in [0.4, 0.5) is 9.93 Å². The summed E-state index contributed by atoms with van der Waals surface area (Å²) in [7, 11) is 0. The van der Waals surface area contributed by atoms with Crippen LogP contribution in [0, 0.1) is 11.3 Å². The van der Waals surface area contributed by atoms with Crippen LogP contribution < -0.4 is 5.32 Å². The average molecular weight is 616 g/mol. The molecule has 222 valence electrons. The number of fused-ring (bicyclic) bond motifs is 2. The summed E-state index contributed by atoms with van der Waals surface area (Å²) in [4.78, 5) is 35.9. The number of aromatic nitrogens is 5. The summed E-state index contributed by atoms with van der Waals surface area (Å²) in [5.74, 6) is 0.212. The number of hydrogen-bond donors (Lipinski definition) is 2. The molecule has 0 spiro atoms. The van der Waals surface area contributed by atoms with Gasteiger partial charge in [-0.1, -0.05) is 43.9 Å². The third kappa shape index (κ3) is 5.61. The van der Waals surface area contributed by atoms with E-state index >= 15 is 0 Å². The van der Waals surface area contributed by atoms with Crippen LogP contribution in [0.5, 0.6) is 0 Å². The van der Waals surface area contributed by atoms with Gasteiger partial charge >= 0.3 is 6.09 Å². The van der Waals surface area contributed by atoms with Crippen LogP contribution in [-0.4, -0.2) is 58.7 Å². The van der Waals surface area contributed by atoms with Crippen molar-refractivity contribution in [3.8, 4) is 11.1 Å². The van der Waals surface area contributed by atoms with Gasteiger partial charge in [-0.15, -0.1) is 0 Å². The van der Waals surface area contributed by atoms with Gasteiger partial charge in [-0.2, -0.15) is 5.10 Å². The molecule has 2 N–H and O–H groups in total. The van der Waals surface area contributed by atoms with Gasteiger partial charge in [-0.25, -0.2) is 14.8 Å². The van der Waals surface area contributed by atoms with Gasteiger partial charge in [0.05, 0.1) is 28.7 Å². The second-order valence-electron chi connectivity index (χ2n) is 12.5. The molecule has 2 amide bonds. The molecule has 4 aromatic heterocycles. The zero-order valence-electron chi connectivity index (χ0n) is 24.2. The van der Waals surface area contributed by atoms with Gasteiger partial charge in [0.25, 0.3) is 0 Å². The van der Waals surface area contributed by atoms with Crippen molar-refractivity contribution < 1.29 is 14.7 Å². The Labute approximate surface area is 257 Å². The Morgan fingerprint density at radius 1 is 1.07 bits per heavy atom. The van der Waals surface area contributed by atoms with Gasteiger partial charge in [-0.3, -0.25) is 13.9 Å². The Bertz CT molecular complexity index is 1850. The minimum absolute atomic E-state index is 0.0680. The number of carbonyl (C=O) groups is 2. The van der Waals surface area contributed by atoms with E-state index in [-0.39, 0.29) is 29.3 Å². The maximum Gasteiger partial charge on any atom is 0.407 e. The molecule has 1 saturated carbocycles. The number of nitrogens with zero attached hydrogens (tertiary/aromatic N) is 6. The second kappa shape index (κ2) is 10.7. The number of likely N-dealkylation sites (tertiary alicyclic amines) is 1. The number of carboxylic acid groups (broad SMARTS) is 1. The highest BCUT2D eigenvalue weighted by atomic mass is 32.2. The molecule has 1 aliphatic carbocycles. The van der Waals surface area contributed by atoms with Crippen LogP contribution in [0.15, 0.2) is 65.0 Å². The molecule has 1 saturated heterocycles. The molecule has 10 nitrogen and oxygen atoms in total. The van der Waals surface area contributed by atoms with Crippen LogP contribution in [0.2, 0.25) is 0 Å². The fourth-order valence-electron chi connectivity index (χ4n) is 5.82. The molecule has 0 bridgehead atoms. The number of pyridine rings is 1. The highest BCUT2D eigenvalue weighted by Gasteiger charge is 2.39. The van der Waals surface area contributed by atoms with E-state index in [1.165, 1.54) is 11.3 Å². The number of amides is 2. The van der Waals surface area contributed by atoms with Crippen LogP contribution >= 0.6 is 23.1 Å². The third-order valence-corrected chi connectivity index (χ3v) is 10.3. The quantitative estimate of drug-likeness (QED) is 0.210. The number of carbonyl (C=O) groups excluding carboxylic acids is 1. The molecule has 5 heterocycles. The van der Waals surface area contributed by atoms with Gasteiger partial charge in [0, 0.05) is 46.9 Å². The number of hydrogen-bond acceptors (Lipinski definition) is 7. The third-order valence-electron chi connectivity index (χ3n) is 8.36. The van der Waals surface area contributed by atoms with Crippen molar-refractivity contribution in [2.45, 2.75) is 68.5 Å². The minimum atomic E-state index is -0.851. The smallest absolute Gasteiger partial charge is 0.407 e. The molecular formula is C31H33N7O3S2. The van der Waals surface area contributed by atoms with Crippen molar-refractivity contribution in [3.05, 3.63) is 55.1 Å². The average Bonchev–Trinajstić information content (AvgIpc) is 3.39. The molecule has 2 fully saturated rings. The SMILES string of the molecule is CC(C)(C)C1CC(n2cc(-c3ccc4ncc(Sc5ccc6nc(NC(=O)C7CC7)sc6c5)n4c3)cn2)CCN1C(=O)O. The van der Waals surface area contributed by atoms with E-state index in [1.807, 2.05) is 35.3 Å². The largest absolute Gasteiger partial charge is 0.465 e. The molecular weight excluding hydrogens is 583 g/mol. The molecule has 1 aromatic carbocycles. The van der Waals surface area contributed by atoms with Crippen molar-refractivity contribution in [2.75, 3.05) is 11.9 Å². The number of piperidine rings is 1. The number of rotatable bonds is 6. The number of anilines is 1. The van der Waals surface area contributed by atoms with Gasteiger partial charge in [-0.05, 0) is 61.4 Å². The van der Waals surface area contributed by atoms with E-state index in [0.717, 1.165) is 62.6 Å². The van der Waals surface area contributed by atoms with Crippen molar-refractivity contribution >= 4 is 56.1 Å². The van der Waals surface area contributed by atoms with Crippen LogP contribution in [0.25, 0.3) is 27.0 Å². The fraction of sp³-hybridized carbons (Fsp3) is 0.387. The summed E-state index contributed by atoms with van der Waals surface area (Å²) >= 11 is 3.13. The lowest BCUT2D eigenvalue weighted by molar-refractivity contribution is -0.117. The number of thiazole rings is 1. The van der Waals surface area contributed by atoms with Gasteiger partial charge in [0.2, 0.25) is 5.91 Å². The Morgan fingerprint density at radius 3 is 2.67 bits per heavy atom. The fourth-order valence-corrected chi connectivity index (χ4v) is 7.71. The first kappa shape index (κ1) is 27.9. The maximum absolute atomic E-state index is 12.2. The summed E-state index contributed by atoms with van der Waals surface area (Å²) in [6, 6.07) is 10.3. The molecule has 2 atom stereocenters. The minimum Gasteiger partial charge on any atom is -0.465 e. The highest BCUT2D eigenvalue weighted by molar-refractivity contribution is 7.99. The first-order chi connectivity index (χ1) is 20.6. The zero-order chi connectivity index (χ0) is 29.9. The van der Waals surface area contributed by atoms with Crippen molar-refractivity contribution in [1.29, 1.82) is 0 Å². The number of imidazole rings is 1. The van der Waals surface area contributed by atoms with Crippen LogP contribution in [0.3, 0.4) is 0 Å². The Balaban J connectivity index is 1.10. The van der Waals surface area contributed by atoms with Crippen molar-refractivity contribution in [2.24, 2.45) is 11.3 Å². The van der Waals surface area contributed by atoms with Crippen LogP contribution in [0.1, 0.15) is 52.5 Å². The van der Waals surface area contributed by atoms with Gasteiger partial charge < -0.3 is 15.3 Å². The van der Waals surface area contributed by atoms with Gasteiger partial charge in [0.15, 0.2) is 5.13 Å². The lowest BCUT2D eigenvalue weighted by atomic mass is 9.79. The summed E-state index contributed by atoms with van der Waals surface area (Å²) in [6.07, 6.45) is 10.5. The molecule has 0 radical (unpaired) electrons. The monoisotopic (exact) mass is 615 g/mol. The summed E-state index contributed by atoms with van der Waals surface area (Å²) < 4.78 is 5.13. The summed E-state index contributed by atoms with van der Waals surface area (Å²) in [6.45, 7) is 6.80. The van der Waals surface area contributed by atoms with E-state index in [4.69, 9.17) is 5.10 Å². The van der Waals surface area contributed by atoms with E-state index in [2.05, 4.69) is 65.0 Å². The molecule has 12 heteroatoms. The lowest BCUT2D eigenvalue weighted by Gasteiger charge is -2.44. The normalized spacial score (nSPS) is 19.3. The standard InChI is InChI=1S/C31H33N7O3S2/c1-31(2,3)25-12-21(10-11-36(25)30(40)41)38-17-20(14-33-38)19-6-9-26-32-15-27(37(26)16-19)42-22-7-8-23-24(13-22)43-29(34-23)35-28(39)18-4-5-18/h6-9,13-18,21,25H,4-5,10-12H2,1-3H3,(H,40,41)(H,34,35,39). The second-order valence-corrected chi connectivity index (χ2v) is 14.6. The predicted octanol–water partition coefficient (Wildman–Crippen LogP) is 7.04. The molecule has 43 heavy (non-hydrogen) atoms. The van der Waals surface area contributed by atoms with E-state index in [1.54, 1.807) is 16.7 Å². The lowest BCUT2D eigenvalue weighted by Crippen LogP contribution is -2.51. The van der Waals surface area contributed by atoms with Crippen molar-refractivity contribution in [3.63, 3.8) is 0 Å². The topological polar surface area (TPSA) is 118 Å². The first-order valence-corrected chi connectivity index (χ1v) is 16.2. The predicted molar refractivity (Wildman–Crippen MR) is 168 cm³/mol. The van der Waals surface area contributed by atoms with E-state index < -0.39 is 6.09 Å². The molecule has 2 aliphatic rings. The maximum atomic E-state index is 12.2. The Morgan fingerprint density at radius 2 is 1.91 bits per heavy atom. The van der Waals surface area contributed by atoms with Crippen LogP contribution in [-0.2, 0) is 4.79 Å².